The molecule has 0 aromatic rings. The molecule has 0 spiro atoms. The summed E-state index contributed by atoms with van der Waals surface area (Å²) >= 11 is 0. The largest absolute Gasteiger partial charge is 0.472 e. The molecule has 9 heteroatoms. The molecule has 0 saturated heterocycles. The minimum atomic E-state index is -4.25. The Labute approximate surface area is 270 Å². The molecule has 0 fully saturated rings. The van der Waals surface area contributed by atoms with Crippen molar-refractivity contribution in [1.29, 1.82) is 0 Å². The molecular weight excluding hydrogens is 577 g/mol. The molecule has 0 heterocycles. The van der Waals surface area contributed by atoms with Gasteiger partial charge >= 0.3 is 13.8 Å². The molecule has 0 aliphatic rings. The Morgan fingerprint density at radius 3 is 1.77 bits per heavy atom. The first-order valence-electron chi connectivity index (χ1n) is 17.8. The van der Waals surface area contributed by atoms with Gasteiger partial charge in [0, 0.05) is 19.6 Å². The van der Waals surface area contributed by atoms with Crippen molar-refractivity contribution in [3.05, 3.63) is 24.3 Å². The van der Waals surface area contributed by atoms with Gasteiger partial charge in [0.15, 0.2) is 0 Å². The molecule has 0 amide bonds. The lowest BCUT2D eigenvalue weighted by Gasteiger charge is -2.20. The number of esters is 1. The van der Waals surface area contributed by atoms with Crippen molar-refractivity contribution in [2.75, 3.05) is 33.0 Å². The molecule has 0 aromatic heterocycles. The summed E-state index contributed by atoms with van der Waals surface area (Å²) < 4.78 is 32.8. The van der Waals surface area contributed by atoms with E-state index in [1.807, 2.05) is 0 Å². The summed E-state index contributed by atoms with van der Waals surface area (Å²) in [6.07, 6.45) is 34.2. The van der Waals surface area contributed by atoms with Crippen molar-refractivity contribution in [1.82, 2.24) is 0 Å². The number of unbranched alkanes of at least 4 members (excludes halogenated alkanes) is 17. The Balaban J connectivity index is 3.77. The van der Waals surface area contributed by atoms with E-state index in [1.54, 1.807) is 0 Å². The lowest BCUT2D eigenvalue weighted by atomic mass is 10.1. The van der Waals surface area contributed by atoms with Gasteiger partial charge in [-0.3, -0.25) is 13.8 Å². The second-order valence-corrected chi connectivity index (χ2v) is 13.2. The number of rotatable bonds is 34. The average molecular weight is 646 g/mol. The zero-order valence-electron chi connectivity index (χ0n) is 28.4. The van der Waals surface area contributed by atoms with Crippen LogP contribution in [0, 0.1) is 0 Å². The number of ether oxygens (including phenoxy) is 2. The molecule has 3 N–H and O–H groups in total. The third-order valence-corrected chi connectivity index (χ3v) is 8.36. The Bertz CT molecular complexity index is 732. The number of hydrogen-bond acceptors (Lipinski definition) is 7. The molecule has 2 unspecified atom stereocenters. The van der Waals surface area contributed by atoms with Crippen LogP contribution in [0.25, 0.3) is 0 Å². The molecule has 260 valence electrons. The molecule has 0 bridgehead atoms. The maximum Gasteiger partial charge on any atom is 0.472 e. The average Bonchev–Trinajstić information content (AvgIpc) is 3.01. The van der Waals surface area contributed by atoms with Crippen LogP contribution in [0.15, 0.2) is 24.3 Å². The topological polar surface area (TPSA) is 117 Å². The highest BCUT2D eigenvalue weighted by Gasteiger charge is 2.25. The minimum absolute atomic E-state index is 0.0958. The van der Waals surface area contributed by atoms with Crippen molar-refractivity contribution >= 4 is 13.8 Å². The number of hydrogen-bond donors (Lipinski definition) is 2. The number of allylic oxidation sites excluding steroid dienone is 4. The first-order valence-corrected chi connectivity index (χ1v) is 19.3. The Morgan fingerprint density at radius 2 is 1.20 bits per heavy atom. The van der Waals surface area contributed by atoms with Gasteiger partial charge in [0.05, 0.1) is 19.8 Å². The summed E-state index contributed by atoms with van der Waals surface area (Å²) in [6.45, 7) is 4.72. The van der Waals surface area contributed by atoms with Crippen molar-refractivity contribution < 1.29 is 32.8 Å². The lowest BCUT2D eigenvalue weighted by molar-refractivity contribution is -0.154. The summed E-state index contributed by atoms with van der Waals surface area (Å²) in [7, 11) is -4.25. The lowest BCUT2D eigenvalue weighted by Crippen LogP contribution is -2.28. The molecule has 0 radical (unpaired) electrons. The second kappa shape index (κ2) is 33.3. The number of carbonyl (C=O) groups excluding carboxylic acids is 1. The van der Waals surface area contributed by atoms with E-state index in [-0.39, 0.29) is 32.3 Å². The number of nitrogens with two attached hydrogens (primary N) is 1. The minimum Gasteiger partial charge on any atom is -0.457 e. The van der Waals surface area contributed by atoms with Gasteiger partial charge in [-0.1, -0.05) is 128 Å². The number of phosphoric ester groups is 1. The van der Waals surface area contributed by atoms with Crippen LogP contribution in [0.1, 0.15) is 155 Å². The van der Waals surface area contributed by atoms with Gasteiger partial charge in [-0.2, -0.15) is 0 Å². The van der Waals surface area contributed by atoms with E-state index in [1.165, 1.54) is 96.3 Å². The Morgan fingerprint density at radius 1 is 0.682 bits per heavy atom. The number of carbonyl (C=O) groups is 1. The molecule has 0 aromatic carbocycles. The van der Waals surface area contributed by atoms with Crippen LogP contribution in [0.4, 0.5) is 0 Å². The van der Waals surface area contributed by atoms with Gasteiger partial charge in [0.25, 0.3) is 0 Å². The molecular formula is C35H68NO7P. The fraction of sp³-hybridized carbons (Fsp3) is 0.857. The molecule has 0 aliphatic heterocycles. The zero-order valence-corrected chi connectivity index (χ0v) is 29.3. The summed E-state index contributed by atoms with van der Waals surface area (Å²) in [6, 6.07) is 0. The normalized spacial score (nSPS) is 14.0. The van der Waals surface area contributed by atoms with Crippen molar-refractivity contribution in [3.8, 4) is 0 Å². The van der Waals surface area contributed by atoms with Crippen LogP contribution in [-0.2, 0) is 27.9 Å². The highest BCUT2D eigenvalue weighted by molar-refractivity contribution is 7.47. The smallest absolute Gasteiger partial charge is 0.457 e. The molecule has 0 aliphatic carbocycles. The predicted octanol–water partition coefficient (Wildman–Crippen LogP) is 9.74. The third kappa shape index (κ3) is 32.4. The van der Waals surface area contributed by atoms with Gasteiger partial charge in [-0.15, -0.1) is 0 Å². The van der Waals surface area contributed by atoms with Crippen LogP contribution in [0.5, 0.6) is 0 Å². The summed E-state index contributed by atoms with van der Waals surface area (Å²) in [5.41, 5.74) is 5.31. The molecule has 8 nitrogen and oxygen atoms in total. The third-order valence-electron chi connectivity index (χ3n) is 7.37. The van der Waals surface area contributed by atoms with Crippen LogP contribution < -0.4 is 5.73 Å². The van der Waals surface area contributed by atoms with E-state index in [0.29, 0.717) is 13.0 Å². The van der Waals surface area contributed by atoms with Crippen LogP contribution >= 0.6 is 7.82 Å². The summed E-state index contributed by atoms with van der Waals surface area (Å²) in [5, 5.41) is 0. The van der Waals surface area contributed by atoms with E-state index < -0.39 is 13.9 Å². The maximum atomic E-state index is 12.1. The van der Waals surface area contributed by atoms with Crippen LogP contribution in [0.2, 0.25) is 0 Å². The van der Waals surface area contributed by atoms with E-state index in [0.717, 1.165) is 38.5 Å². The standard InChI is InChI=1S/C35H68NO7P/c1-3-5-7-8-9-10-11-12-13-14-15-16-17-18-19-20-21-22-23-24-25-27-30-40-32-34(43-35(37)28-26-6-4-2)33-42-44(38,39)41-31-29-36/h11-12,14-15,34H,3-10,13,16-33,36H2,1-2H3,(H,38,39)/b12-11-,15-14-. The zero-order chi connectivity index (χ0) is 32.4. The molecule has 0 rings (SSSR count). The Hall–Kier alpha value is -1.02. The van der Waals surface area contributed by atoms with Gasteiger partial charge in [-0.25, -0.2) is 4.57 Å². The second-order valence-electron chi connectivity index (χ2n) is 11.7. The van der Waals surface area contributed by atoms with Crippen molar-refractivity contribution in [3.63, 3.8) is 0 Å². The predicted molar refractivity (Wildman–Crippen MR) is 183 cm³/mol. The van der Waals surface area contributed by atoms with Crippen LogP contribution in [0.3, 0.4) is 0 Å². The molecule has 44 heavy (non-hydrogen) atoms. The van der Waals surface area contributed by atoms with Crippen molar-refractivity contribution in [2.45, 2.75) is 161 Å². The molecule has 2 atom stereocenters. The van der Waals surface area contributed by atoms with E-state index >= 15 is 0 Å². The first-order chi connectivity index (χ1) is 21.4. The Kier molecular flexibility index (Phi) is 32.6. The van der Waals surface area contributed by atoms with E-state index in [2.05, 4.69) is 38.2 Å². The fourth-order valence-electron chi connectivity index (χ4n) is 4.73. The fourth-order valence-corrected chi connectivity index (χ4v) is 5.50. The SMILES string of the molecule is CCCCCCC/C=C\C/C=C\CCCCCCCCCCCCOCC(COP(=O)(O)OCCN)OC(=O)CCCCC. The summed E-state index contributed by atoms with van der Waals surface area (Å²) in [5.74, 6) is -0.356. The van der Waals surface area contributed by atoms with E-state index in [4.69, 9.17) is 24.3 Å². The van der Waals surface area contributed by atoms with Gasteiger partial charge in [0.2, 0.25) is 0 Å². The van der Waals surface area contributed by atoms with Gasteiger partial charge in [-0.05, 0) is 44.9 Å². The highest BCUT2D eigenvalue weighted by atomic mass is 31.2. The summed E-state index contributed by atoms with van der Waals surface area (Å²) in [4.78, 5) is 21.9. The monoisotopic (exact) mass is 645 g/mol. The van der Waals surface area contributed by atoms with Gasteiger partial charge < -0.3 is 20.1 Å². The highest BCUT2D eigenvalue weighted by Crippen LogP contribution is 2.43. The van der Waals surface area contributed by atoms with Crippen LogP contribution in [-0.4, -0.2) is 49.9 Å². The van der Waals surface area contributed by atoms with Gasteiger partial charge in [0.1, 0.15) is 6.10 Å². The first kappa shape index (κ1) is 43.0. The van der Waals surface area contributed by atoms with Crippen molar-refractivity contribution in [2.24, 2.45) is 5.73 Å². The molecule has 0 saturated carbocycles. The quantitative estimate of drug-likeness (QED) is 0.0307. The maximum absolute atomic E-state index is 12.1. The van der Waals surface area contributed by atoms with E-state index in [9.17, 15) is 14.3 Å². The number of phosphoric acid groups is 1.